The first-order valence-electron chi connectivity index (χ1n) is 11.8. The molecule has 0 amide bonds. The molecule has 0 aromatic heterocycles. The number of aliphatic hydroxyl groups is 1. The number of rotatable bonds is 9. The Labute approximate surface area is 182 Å². The van der Waals surface area contributed by atoms with Gasteiger partial charge in [0.15, 0.2) is 5.96 Å². The van der Waals surface area contributed by atoms with Crippen molar-refractivity contribution in [2.45, 2.75) is 51.5 Å². The Kier molecular flexibility index (Phi) is 9.43. The van der Waals surface area contributed by atoms with Crippen LogP contribution in [0.2, 0.25) is 0 Å². The Morgan fingerprint density at radius 2 is 1.87 bits per heavy atom. The van der Waals surface area contributed by atoms with Crippen molar-refractivity contribution in [1.29, 1.82) is 0 Å². The number of benzene rings is 1. The third kappa shape index (κ3) is 6.69. The van der Waals surface area contributed by atoms with Crippen LogP contribution in [0.25, 0.3) is 0 Å². The topological polar surface area (TPSA) is 69.1 Å². The average molecular weight is 417 g/mol. The molecular weight excluding hydrogens is 376 g/mol. The van der Waals surface area contributed by atoms with E-state index in [1.54, 1.807) is 0 Å². The quantitative estimate of drug-likeness (QED) is 0.427. The zero-order chi connectivity index (χ0) is 21.1. The molecule has 6 nitrogen and oxygen atoms in total. The lowest BCUT2D eigenvalue weighted by Crippen LogP contribution is -2.46. The largest absolute Gasteiger partial charge is 0.396 e. The summed E-state index contributed by atoms with van der Waals surface area (Å²) in [5, 5.41) is 16.6. The van der Waals surface area contributed by atoms with Gasteiger partial charge in [0.1, 0.15) is 0 Å². The lowest BCUT2D eigenvalue weighted by Gasteiger charge is -2.36. The van der Waals surface area contributed by atoms with Crippen LogP contribution >= 0.6 is 0 Å². The van der Waals surface area contributed by atoms with E-state index in [0.717, 1.165) is 58.3 Å². The first-order chi connectivity index (χ1) is 14.8. The highest BCUT2D eigenvalue weighted by Gasteiger charge is 2.31. The van der Waals surface area contributed by atoms with Crippen LogP contribution in [0.15, 0.2) is 35.3 Å². The molecule has 1 aliphatic heterocycles. The van der Waals surface area contributed by atoms with E-state index in [9.17, 15) is 5.11 Å². The first-order valence-corrected chi connectivity index (χ1v) is 11.8. The van der Waals surface area contributed by atoms with Crippen LogP contribution < -0.4 is 10.6 Å². The highest BCUT2D eigenvalue weighted by molar-refractivity contribution is 5.79. The molecule has 30 heavy (non-hydrogen) atoms. The summed E-state index contributed by atoms with van der Waals surface area (Å²) < 4.78 is 5.57. The van der Waals surface area contributed by atoms with E-state index in [-0.39, 0.29) is 12.0 Å². The molecule has 3 rings (SSSR count). The molecule has 6 heteroatoms. The van der Waals surface area contributed by atoms with Gasteiger partial charge in [0, 0.05) is 39.3 Å². The van der Waals surface area contributed by atoms with Crippen molar-refractivity contribution >= 4 is 5.96 Å². The van der Waals surface area contributed by atoms with Gasteiger partial charge in [0.25, 0.3) is 0 Å². The minimum absolute atomic E-state index is 0.165. The Hall–Kier alpha value is -1.63. The molecule has 1 aromatic carbocycles. The van der Waals surface area contributed by atoms with Crippen molar-refractivity contribution in [2.24, 2.45) is 10.4 Å². The fraction of sp³-hybridized carbons (Fsp3) is 0.708. The maximum atomic E-state index is 9.60. The molecule has 1 unspecified atom stereocenters. The lowest BCUT2D eigenvalue weighted by atomic mass is 9.72. The Morgan fingerprint density at radius 1 is 1.13 bits per heavy atom. The van der Waals surface area contributed by atoms with Gasteiger partial charge in [-0.2, -0.15) is 0 Å². The van der Waals surface area contributed by atoms with Gasteiger partial charge < -0.3 is 20.5 Å². The number of aliphatic imine (C=N–C) groups is 1. The number of ether oxygens (including phenoxy) is 1. The van der Waals surface area contributed by atoms with Crippen LogP contribution in [0, 0.1) is 5.41 Å². The SMILES string of the molecule is CCNC(=NCC1(CCO)CCCCC1)NCC(c1ccccc1)N1CCOCC1. The molecule has 1 atom stereocenters. The number of aliphatic hydroxyl groups excluding tert-OH is 1. The standard InChI is InChI=1S/C24H40N4O2/c1-2-25-23(27-20-24(13-16-29)11-7-4-8-12-24)26-19-22(21-9-5-3-6-10-21)28-14-17-30-18-15-28/h3,5-6,9-10,22,29H,2,4,7-8,11-20H2,1H3,(H2,25,26,27). The molecule has 1 aromatic rings. The third-order valence-electron chi connectivity index (χ3n) is 6.61. The zero-order valence-corrected chi connectivity index (χ0v) is 18.6. The van der Waals surface area contributed by atoms with Crippen molar-refractivity contribution in [1.82, 2.24) is 15.5 Å². The van der Waals surface area contributed by atoms with E-state index < -0.39 is 0 Å². The summed E-state index contributed by atoms with van der Waals surface area (Å²) in [6.45, 7) is 8.29. The number of hydrogen-bond acceptors (Lipinski definition) is 4. The summed E-state index contributed by atoms with van der Waals surface area (Å²) in [6.07, 6.45) is 7.04. The molecule has 0 spiro atoms. The Bertz CT molecular complexity index is 620. The average Bonchev–Trinajstić information content (AvgIpc) is 2.80. The molecule has 0 bridgehead atoms. The minimum atomic E-state index is 0.165. The molecule has 1 saturated heterocycles. The molecule has 1 saturated carbocycles. The van der Waals surface area contributed by atoms with Crippen LogP contribution in [0.3, 0.4) is 0 Å². The van der Waals surface area contributed by atoms with Gasteiger partial charge >= 0.3 is 0 Å². The van der Waals surface area contributed by atoms with Crippen LogP contribution in [0.5, 0.6) is 0 Å². The number of hydrogen-bond donors (Lipinski definition) is 3. The molecule has 1 aliphatic carbocycles. The maximum Gasteiger partial charge on any atom is 0.191 e. The molecule has 1 heterocycles. The summed E-state index contributed by atoms with van der Waals surface area (Å²) in [7, 11) is 0. The zero-order valence-electron chi connectivity index (χ0n) is 18.6. The number of nitrogens with zero attached hydrogens (tertiary/aromatic N) is 2. The van der Waals surface area contributed by atoms with Crippen LogP contribution in [0.1, 0.15) is 57.1 Å². The monoisotopic (exact) mass is 416 g/mol. The molecule has 2 fully saturated rings. The maximum absolute atomic E-state index is 9.60. The first kappa shape index (κ1) is 23.0. The van der Waals surface area contributed by atoms with Crippen molar-refractivity contribution in [3.8, 4) is 0 Å². The van der Waals surface area contributed by atoms with E-state index in [0.29, 0.717) is 6.04 Å². The van der Waals surface area contributed by atoms with Crippen molar-refractivity contribution < 1.29 is 9.84 Å². The van der Waals surface area contributed by atoms with Crippen molar-refractivity contribution in [2.75, 3.05) is 52.5 Å². The second-order valence-electron chi connectivity index (χ2n) is 8.69. The van der Waals surface area contributed by atoms with E-state index in [4.69, 9.17) is 9.73 Å². The van der Waals surface area contributed by atoms with E-state index >= 15 is 0 Å². The number of guanidine groups is 1. The Morgan fingerprint density at radius 3 is 2.53 bits per heavy atom. The second kappa shape index (κ2) is 12.3. The molecule has 0 radical (unpaired) electrons. The molecule has 168 valence electrons. The van der Waals surface area contributed by atoms with Crippen LogP contribution in [0.4, 0.5) is 0 Å². The highest BCUT2D eigenvalue weighted by Crippen LogP contribution is 2.39. The summed E-state index contributed by atoms with van der Waals surface area (Å²) in [6, 6.07) is 11.0. The predicted octanol–water partition coefficient (Wildman–Crippen LogP) is 2.95. The second-order valence-corrected chi connectivity index (χ2v) is 8.69. The summed E-state index contributed by atoms with van der Waals surface area (Å²) >= 11 is 0. The number of nitrogens with one attached hydrogen (secondary N) is 2. The van der Waals surface area contributed by atoms with E-state index in [1.165, 1.54) is 37.7 Å². The summed E-state index contributed by atoms with van der Waals surface area (Å²) in [4.78, 5) is 7.48. The molecular formula is C24H40N4O2. The van der Waals surface area contributed by atoms with Crippen LogP contribution in [-0.2, 0) is 4.74 Å². The smallest absolute Gasteiger partial charge is 0.191 e. The number of morpholine rings is 1. The van der Waals surface area contributed by atoms with Crippen molar-refractivity contribution in [3.05, 3.63) is 35.9 Å². The Balaban J connectivity index is 1.68. The van der Waals surface area contributed by atoms with Gasteiger partial charge in [-0.3, -0.25) is 9.89 Å². The normalized spacial score (nSPS) is 21.2. The van der Waals surface area contributed by atoms with Gasteiger partial charge in [0.05, 0.1) is 19.3 Å². The fourth-order valence-corrected chi connectivity index (χ4v) is 4.83. The van der Waals surface area contributed by atoms with E-state index in [1.807, 2.05) is 0 Å². The van der Waals surface area contributed by atoms with Gasteiger partial charge in [-0.15, -0.1) is 0 Å². The van der Waals surface area contributed by atoms with Crippen molar-refractivity contribution in [3.63, 3.8) is 0 Å². The van der Waals surface area contributed by atoms with Gasteiger partial charge in [-0.1, -0.05) is 49.6 Å². The van der Waals surface area contributed by atoms with Gasteiger partial charge in [-0.25, -0.2) is 0 Å². The van der Waals surface area contributed by atoms with Gasteiger partial charge in [0.2, 0.25) is 0 Å². The predicted molar refractivity (Wildman–Crippen MR) is 123 cm³/mol. The summed E-state index contributed by atoms with van der Waals surface area (Å²) in [5.74, 6) is 0.884. The third-order valence-corrected chi connectivity index (χ3v) is 6.61. The lowest BCUT2D eigenvalue weighted by molar-refractivity contribution is 0.0170. The fourth-order valence-electron chi connectivity index (χ4n) is 4.83. The minimum Gasteiger partial charge on any atom is -0.396 e. The van der Waals surface area contributed by atoms with E-state index in [2.05, 4.69) is 52.8 Å². The molecule has 3 N–H and O–H groups in total. The van der Waals surface area contributed by atoms with Crippen LogP contribution in [-0.4, -0.2) is 68.5 Å². The summed E-state index contributed by atoms with van der Waals surface area (Å²) in [5.41, 5.74) is 1.49. The highest BCUT2D eigenvalue weighted by atomic mass is 16.5. The van der Waals surface area contributed by atoms with Gasteiger partial charge in [-0.05, 0) is 37.2 Å². The molecule has 2 aliphatic rings.